The summed E-state index contributed by atoms with van der Waals surface area (Å²) in [7, 11) is -4.39. The molecule has 3 unspecified atom stereocenters. The van der Waals surface area contributed by atoms with Crippen LogP contribution in [0.5, 0.6) is 0 Å². The van der Waals surface area contributed by atoms with E-state index >= 15 is 0 Å². The van der Waals surface area contributed by atoms with Crippen molar-refractivity contribution in [1.29, 1.82) is 0 Å². The summed E-state index contributed by atoms with van der Waals surface area (Å²) in [5.74, 6) is -0.855. The zero-order chi connectivity index (χ0) is 40.8. The Labute approximate surface area is 341 Å². The summed E-state index contributed by atoms with van der Waals surface area (Å²) in [5.41, 5.74) is 5.35. The number of unbranched alkanes of at least 4 members (excludes halogenated alkanes) is 19. The van der Waals surface area contributed by atoms with Gasteiger partial charge < -0.3 is 24.8 Å². The molecule has 1 fully saturated rings. The quantitative estimate of drug-likeness (QED) is 0.0201. The maximum atomic E-state index is 12.6. The zero-order valence-electron chi connectivity index (χ0n) is 35.6. The van der Waals surface area contributed by atoms with Gasteiger partial charge in [0, 0.05) is 19.4 Å². The van der Waals surface area contributed by atoms with Crippen molar-refractivity contribution >= 4 is 19.8 Å². The number of ether oxygens (including phenoxy) is 3. The van der Waals surface area contributed by atoms with Crippen LogP contribution in [-0.4, -0.2) is 61.5 Å². The molecule has 0 aromatic heterocycles. The van der Waals surface area contributed by atoms with E-state index in [-0.39, 0.29) is 32.6 Å². The number of carbonyl (C=O) groups excluding carboxylic acids is 2. The predicted octanol–water partition coefficient (Wildman–Crippen LogP) is 11.9. The fourth-order valence-corrected chi connectivity index (χ4v) is 7.20. The second kappa shape index (κ2) is 37.5. The molecule has 0 saturated carbocycles. The molecule has 56 heavy (non-hydrogen) atoms. The minimum absolute atomic E-state index is 0.0477. The van der Waals surface area contributed by atoms with Gasteiger partial charge in [0.05, 0.1) is 25.4 Å². The first kappa shape index (κ1) is 52.2. The van der Waals surface area contributed by atoms with E-state index in [1.54, 1.807) is 0 Å². The van der Waals surface area contributed by atoms with Gasteiger partial charge >= 0.3 is 19.8 Å². The molecule has 1 aliphatic heterocycles. The lowest BCUT2D eigenvalue weighted by atomic mass is 10.1. The smallest absolute Gasteiger partial charge is 0.462 e. The maximum absolute atomic E-state index is 12.6. The van der Waals surface area contributed by atoms with Crippen molar-refractivity contribution in [3.8, 4) is 0 Å². The summed E-state index contributed by atoms with van der Waals surface area (Å²) in [6.07, 6.45) is 43.3. The van der Waals surface area contributed by atoms with Crippen molar-refractivity contribution in [2.24, 2.45) is 5.73 Å². The summed E-state index contributed by atoms with van der Waals surface area (Å²) in [6.45, 7) is 3.65. The van der Waals surface area contributed by atoms with Crippen LogP contribution in [0.2, 0.25) is 0 Å². The average molecular weight is 812 g/mol. The van der Waals surface area contributed by atoms with Crippen molar-refractivity contribution in [2.75, 3.05) is 26.4 Å². The molecule has 0 aromatic rings. The Morgan fingerprint density at radius 1 is 0.643 bits per heavy atom. The number of phosphoric ester groups is 1. The first-order valence-corrected chi connectivity index (χ1v) is 24.1. The normalized spacial score (nSPS) is 17.2. The topological polar surface area (TPSA) is 147 Å². The first-order chi connectivity index (χ1) is 27.3. The number of hydrogen-bond acceptors (Lipinski definition) is 9. The number of epoxide rings is 1. The SMILES string of the molecule is CCCCC/C=C\C/C=C\CCCCCCCCCCCC(=O)O[C@H](COC(=O)CCCCCCCC1OC1C/C=C\CCCCC)COP(=O)(O)OCCN. The molecular formula is C45H82NO9P. The molecule has 0 spiro atoms. The highest BCUT2D eigenvalue weighted by molar-refractivity contribution is 7.47. The third kappa shape index (κ3) is 34.3. The zero-order valence-corrected chi connectivity index (χ0v) is 36.5. The third-order valence-electron chi connectivity index (χ3n) is 9.92. The average Bonchev–Trinajstić information content (AvgIpc) is 3.94. The Morgan fingerprint density at radius 2 is 1.16 bits per heavy atom. The molecule has 0 radical (unpaired) electrons. The van der Waals surface area contributed by atoms with Gasteiger partial charge in [-0.3, -0.25) is 18.6 Å². The fraction of sp³-hybridized carbons (Fsp3) is 0.822. The standard InChI is InChI=1S/C45H82NO9P/c1-3-5-7-9-11-12-13-14-15-16-17-18-19-20-21-22-23-27-32-36-45(48)54-41(40-53-56(49,50)52-38-37-46)39-51-44(47)35-31-28-24-26-30-34-43-42(55-43)33-29-25-10-8-6-4-2/h11-12,14-15,25,29,41-43H,3-10,13,16-24,26-28,30-40,46H2,1-2H3,(H,49,50)/b12-11-,15-14-,29-25-/t41-,42?,43?/m1/s1. The van der Waals surface area contributed by atoms with E-state index in [0.717, 1.165) is 77.0 Å². The van der Waals surface area contributed by atoms with Crippen LogP contribution in [-0.2, 0) is 37.4 Å². The Bertz CT molecular complexity index is 1080. The van der Waals surface area contributed by atoms with Gasteiger partial charge in [-0.2, -0.15) is 0 Å². The van der Waals surface area contributed by atoms with Gasteiger partial charge in [-0.1, -0.05) is 147 Å². The summed E-state index contributed by atoms with van der Waals surface area (Å²) in [6, 6.07) is 0. The van der Waals surface area contributed by atoms with E-state index in [2.05, 4.69) is 50.3 Å². The summed E-state index contributed by atoms with van der Waals surface area (Å²) in [4.78, 5) is 35.0. The van der Waals surface area contributed by atoms with Gasteiger partial charge in [-0.15, -0.1) is 0 Å². The van der Waals surface area contributed by atoms with Gasteiger partial charge in [-0.25, -0.2) is 4.57 Å². The first-order valence-electron chi connectivity index (χ1n) is 22.6. The lowest BCUT2D eigenvalue weighted by Crippen LogP contribution is -2.29. The Balaban J connectivity index is 2.16. The highest BCUT2D eigenvalue weighted by Crippen LogP contribution is 2.43. The number of allylic oxidation sites excluding steroid dienone is 5. The third-order valence-corrected chi connectivity index (χ3v) is 10.9. The lowest BCUT2D eigenvalue weighted by Gasteiger charge is -2.19. The maximum Gasteiger partial charge on any atom is 0.472 e. The van der Waals surface area contributed by atoms with Crippen molar-refractivity contribution in [1.82, 2.24) is 0 Å². The Hall–Kier alpha value is -1.81. The minimum atomic E-state index is -4.39. The predicted molar refractivity (Wildman–Crippen MR) is 228 cm³/mol. The van der Waals surface area contributed by atoms with Gasteiger partial charge in [0.15, 0.2) is 6.10 Å². The highest BCUT2D eigenvalue weighted by Gasteiger charge is 2.36. The molecule has 0 aliphatic carbocycles. The van der Waals surface area contributed by atoms with E-state index < -0.39 is 32.5 Å². The molecule has 0 bridgehead atoms. The van der Waals surface area contributed by atoms with Crippen molar-refractivity contribution in [3.63, 3.8) is 0 Å². The molecule has 3 N–H and O–H groups in total. The molecule has 4 atom stereocenters. The Kier molecular flexibility index (Phi) is 34.9. The summed E-state index contributed by atoms with van der Waals surface area (Å²) in [5, 5.41) is 0. The molecule has 1 heterocycles. The largest absolute Gasteiger partial charge is 0.472 e. The molecule has 1 rings (SSSR count). The fourth-order valence-electron chi connectivity index (χ4n) is 6.44. The molecule has 11 heteroatoms. The van der Waals surface area contributed by atoms with Crippen molar-refractivity contribution in [3.05, 3.63) is 36.5 Å². The molecule has 326 valence electrons. The number of nitrogens with two attached hydrogens (primary N) is 1. The van der Waals surface area contributed by atoms with Crippen LogP contribution in [0.25, 0.3) is 0 Å². The lowest BCUT2D eigenvalue weighted by molar-refractivity contribution is -0.161. The molecule has 0 aromatic carbocycles. The van der Waals surface area contributed by atoms with Crippen LogP contribution >= 0.6 is 7.82 Å². The van der Waals surface area contributed by atoms with Gasteiger partial charge in [-0.05, 0) is 70.6 Å². The van der Waals surface area contributed by atoms with Gasteiger partial charge in [0.2, 0.25) is 0 Å². The van der Waals surface area contributed by atoms with E-state index in [1.165, 1.54) is 77.0 Å². The monoisotopic (exact) mass is 812 g/mol. The van der Waals surface area contributed by atoms with Crippen LogP contribution in [0, 0.1) is 0 Å². The van der Waals surface area contributed by atoms with Crippen molar-refractivity contribution in [2.45, 2.75) is 212 Å². The van der Waals surface area contributed by atoms with E-state index in [0.29, 0.717) is 25.0 Å². The van der Waals surface area contributed by atoms with Gasteiger partial charge in [0.25, 0.3) is 0 Å². The van der Waals surface area contributed by atoms with Crippen molar-refractivity contribution < 1.29 is 42.3 Å². The molecule has 1 saturated heterocycles. The minimum Gasteiger partial charge on any atom is -0.462 e. The summed E-state index contributed by atoms with van der Waals surface area (Å²) < 4.78 is 38.6. The Morgan fingerprint density at radius 3 is 1.75 bits per heavy atom. The molecule has 10 nitrogen and oxygen atoms in total. The number of phosphoric acid groups is 1. The second-order valence-electron chi connectivity index (χ2n) is 15.3. The number of esters is 2. The molecule has 0 amide bonds. The van der Waals surface area contributed by atoms with Crippen LogP contribution in [0.4, 0.5) is 0 Å². The van der Waals surface area contributed by atoms with E-state index in [1.807, 2.05) is 0 Å². The summed E-state index contributed by atoms with van der Waals surface area (Å²) >= 11 is 0. The molecule has 1 aliphatic rings. The van der Waals surface area contributed by atoms with Crippen LogP contribution in [0.3, 0.4) is 0 Å². The van der Waals surface area contributed by atoms with Crippen LogP contribution in [0.1, 0.15) is 194 Å². The second-order valence-corrected chi connectivity index (χ2v) is 16.8. The van der Waals surface area contributed by atoms with Gasteiger partial charge in [0.1, 0.15) is 6.61 Å². The number of rotatable bonds is 41. The van der Waals surface area contributed by atoms with Crippen LogP contribution in [0.15, 0.2) is 36.5 Å². The van der Waals surface area contributed by atoms with E-state index in [4.69, 9.17) is 29.0 Å². The number of carbonyl (C=O) groups is 2. The van der Waals surface area contributed by atoms with E-state index in [9.17, 15) is 19.0 Å². The highest BCUT2D eigenvalue weighted by atomic mass is 31.2. The molecular weight excluding hydrogens is 729 g/mol. The van der Waals surface area contributed by atoms with Crippen LogP contribution < -0.4 is 5.73 Å². The number of hydrogen-bond donors (Lipinski definition) is 2.